The van der Waals surface area contributed by atoms with Crippen molar-refractivity contribution in [2.45, 2.75) is 17.2 Å². The summed E-state index contributed by atoms with van der Waals surface area (Å²) in [6.07, 6.45) is -3.24. The van der Waals surface area contributed by atoms with Crippen LogP contribution >= 0.6 is 34.8 Å². The fourth-order valence-corrected chi connectivity index (χ4v) is 3.55. The van der Waals surface area contributed by atoms with E-state index in [1.165, 1.54) is 36.4 Å². The van der Waals surface area contributed by atoms with E-state index in [4.69, 9.17) is 44.3 Å². The second-order valence-electron chi connectivity index (χ2n) is 5.80. The molecule has 3 atom stereocenters. The molecule has 1 heterocycles. The van der Waals surface area contributed by atoms with E-state index < -0.39 is 28.1 Å². The maximum absolute atomic E-state index is 12.1. The van der Waals surface area contributed by atoms with Crippen LogP contribution in [-0.4, -0.2) is 28.1 Å². The van der Waals surface area contributed by atoms with Gasteiger partial charge in [-0.2, -0.15) is 0 Å². The Morgan fingerprint density at radius 3 is 2.44 bits per heavy atom. The summed E-state index contributed by atoms with van der Waals surface area (Å²) >= 11 is 18.1. The fraction of sp³-hybridized carbons (Fsp3) is 0.235. The van der Waals surface area contributed by atoms with Crippen molar-refractivity contribution in [3.63, 3.8) is 0 Å². The Morgan fingerprint density at radius 1 is 1.26 bits per heavy atom. The standard InChI is InChI=1S/C17H12Cl3NO6/c1-26-16(23)12-7-10(19)6-11-13(12)27-15(8-2-4-9(18)5-3-8)17(20,14(11)22)21(24)25/h2-7,14-15,22H,1H3/t14-,15-,17+/m0/s1. The Bertz CT molecular complexity index is 920. The Balaban J connectivity index is 2.25. The van der Waals surface area contributed by atoms with Crippen molar-refractivity contribution < 1.29 is 24.3 Å². The van der Waals surface area contributed by atoms with E-state index in [1.54, 1.807) is 0 Å². The van der Waals surface area contributed by atoms with Crippen LogP contribution in [0.5, 0.6) is 5.75 Å². The molecule has 2 aromatic carbocycles. The maximum atomic E-state index is 12.1. The summed E-state index contributed by atoms with van der Waals surface area (Å²) in [7, 11) is 1.16. The Labute approximate surface area is 168 Å². The third-order valence-corrected chi connectivity index (χ3v) is 5.23. The van der Waals surface area contributed by atoms with Crippen LogP contribution in [0, 0.1) is 10.1 Å². The predicted octanol–water partition coefficient (Wildman–Crippen LogP) is 4.16. The van der Waals surface area contributed by atoms with E-state index >= 15 is 0 Å². The van der Waals surface area contributed by atoms with E-state index in [-0.39, 0.29) is 21.9 Å². The molecule has 0 radical (unpaired) electrons. The van der Waals surface area contributed by atoms with E-state index in [0.717, 1.165) is 7.11 Å². The summed E-state index contributed by atoms with van der Waals surface area (Å²) in [6.45, 7) is 0. The van der Waals surface area contributed by atoms with Crippen LogP contribution in [0.1, 0.15) is 33.7 Å². The van der Waals surface area contributed by atoms with Gasteiger partial charge >= 0.3 is 11.0 Å². The lowest BCUT2D eigenvalue weighted by atomic mass is 9.88. The summed E-state index contributed by atoms with van der Waals surface area (Å²) < 4.78 is 10.5. The number of halogens is 3. The third kappa shape index (κ3) is 3.21. The van der Waals surface area contributed by atoms with Gasteiger partial charge < -0.3 is 14.6 Å². The van der Waals surface area contributed by atoms with Crippen LogP contribution in [0.25, 0.3) is 0 Å². The SMILES string of the molecule is COC(=O)c1cc(Cl)cc2c1O[C@@H](c1ccc(Cl)cc1)[C@](Cl)([N+](=O)[O-])[C@H]2O. The molecule has 1 aliphatic heterocycles. The van der Waals surface area contributed by atoms with Crippen molar-refractivity contribution in [1.82, 2.24) is 0 Å². The Morgan fingerprint density at radius 2 is 1.89 bits per heavy atom. The lowest BCUT2D eigenvalue weighted by molar-refractivity contribution is -0.570. The first-order valence-corrected chi connectivity index (χ1v) is 8.68. The lowest BCUT2D eigenvalue weighted by Crippen LogP contribution is -2.49. The van der Waals surface area contributed by atoms with Gasteiger partial charge in [-0.05, 0) is 35.9 Å². The number of hydrogen-bond donors (Lipinski definition) is 1. The number of hydrogen-bond acceptors (Lipinski definition) is 6. The molecular formula is C17H12Cl3NO6. The first-order chi connectivity index (χ1) is 12.7. The molecule has 0 spiro atoms. The smallest absolute Gasteiger partial charge is 0.364 e. The van der Waals surface area contributed by atoms with Crippen LogP contribution in [0.15, 0.2) is 36.4 Å². The van der Waals surface area contributed by atoms with Gasteiger partial charge in [-0.15, -0.1) is 0 Å². The first kappa shape index (κ1) is 19.7. The molecule has 2 aromatic rings. The van der Waals surface area contributed by atoms with Crippen LogP contribution in [0.3, 0.4) is 0 Å². The van der Waals surface area contributed by atoms with Gasteiger partial charge in [0.2, 0.25) is 6.10 Å². The van der Waals surface area contributed by atoms with E-state index in [1.807, 2.05) is 0 Å². The highest BCUT2D eigenvalue weighted by atomic mass is 35.5. The second kappa shape index (κ2) is 7.16. The second-order valence-corrected chi connectivity index (χ2v) is 7.28. The molecule has 0 amide bonds. The average molecular weight is 433 g/mol. The van der Waals surface area contributed by atoms with Crippen molar-refractivity contribution in [3.8, 4) is 5.75 Å². The van der Waals surface area contributed by atoms with Gasteiger partial charge in [0.25, 0.3) is 0 Å². The van der Waals surface area contributed by atoms with Gasteiger partial charge in [-0.1, -0.05) is 35.3 Å². The molecule has 10 heteroatoms. The molecule has 27 heavy (non-hydrogen) atoms. The molecule has 1 aliphatic rings. The summed E-state index contributed by atoms with van der Waals surface area (Å²) in [5.41, 5.74) is 0.126. The zero-order valence-corrected chi connectivity index (χ0v) is 16.0. The molecule has 0 aromatic heterocycles. The largest absolute Gasteiger partial charge is 0.475 e. The van der Waals surface area contributed by atoms with Crippen molar-refractivity contribution in [2.75, 3.05) is 7.11 Å². The highest BCUT2D eigenvalue weighted by Crippen LogP contribution is 2.53. The minimum Gasteiger partial charge on any atom is -0.475 e. The number of nitro groups is 1. The van der Waals surface area contributed by atoms with Crippen molar-refractivity contribution in [2.24, 2.45) is 0 Å². The normalized spacial score (nSPS) is 23.9. The summed E-state index contributed by atoms with van der Waals surface area (Å²) in [4.78, 5) is 20.6. The van der Waals surface area contributed by atoms with Gasteiger partial charge in [-0.3, -0.25) is 10.1 Å². The number of fused-ring (bicyclic) bond motifs is 1. The highest BCUT2D eigenvalue weighted by Gasteiger charge is 2.62. The van der Waals surface area contributed by atoms with Crippen LogP contribution in [-0.2, 0) is 4.74 Å². The number of carbonyl (C=O) groups is 1. The minimum absolute atomic E-state index is 0.0594. The Kier molecular flexibility index (Phi) is 5.22. The lowest BCUT2D eigenvalue weighted by Gasteiger charge is -2.38. The molecule has 0 fully saturated rings. The summed E-state index contributed by atoms with van der Waals surface area (Å²) in [5.74, 6) is -0.865. The molecule has 1 N–H and O–H groups in total. The molecule has 0 bridgehead atoms. The zero-order chi connectivity index (χ0) is 19.9. The van der Waals surface area contributed by atoms with Gasteiger partial charge in [0.05, 0.1) is 12.0 Å². The topological polar surface area (TPSA) is 98.9 Å². The number of rotatable bonds is 3. The number of methoxy groups -OCH3 is 1. The average Bonchev–Trinajstić information content (AvgIpc) is 2.64. The number of ether oxygens (including phenoxy) is 2. The molecule has 3 rings (SSSR count). The van der Waals surface area contributed by atoms with Crippen molar-refractivity contribution in [3.05, 3.63) is 73.2 Å². The van der Waals surface area contributed by atoms with Gasteiger partial charge in [-0.25, -0.2) is 4.79 Å². The molecule has 0 aliphatic carbocycles. The predicted molar refractivity (Wildman–Crippen MR) is 98.2 cm³/mol. The van der Waals surface area contributed by atoms with E-state index in [9.17, 15) is 20.0 Å². The number of carbonyl (C=O) groups excluding carboxylic acids is 1. The number of nitrogens with zero attached hydrogens (tertiary/aromatic N) is 1. The molecule has 7 nitrogen and oxygen atoms in total. The van der Waals surface area contributed by atoms with Gasteiger partial charge in [0.15, 0.2) is 6.10 Å². The monoisotopic (exact) mass is 431 g/mol. The van der Waals surface area contributed by atoms with E-state index in [0.29, 0.717) is 10.6 Å². The van der Waals surface area contributed by atoms with Gasteiger partial charge in [0.1, 0.15) is 11.3 Å². The molecular weight excluding hydrogens is 421 g/mol. The quantitative estimate of drug-likeness (QED) is 0.257. The Hall–Kier alpha value is -2.06. The van der Waals surface area contributed by atoms with Crippen molar-refractivity contribution >= 4 is 40.8 Å². The van der Waals surface area contributed by atoms with Crippen LogP contribution in [0.2, 0.25) is 10.0 Å². The number of alkyl halides is 1. The first-order valence-electron chi connectivity index (χ1n) is 7.55. The number of benzene rings is 2. The molecule has 0 unspecified atom stereocenters. The minimum atomic E-state index is -2.46. The third-order valence-electron chi connectivity index (χ3n) is 4.22. The van der Waals surface area contributed by atoms with Crippen molar-refractivity contribution in [1.29, 1.82) is 0 Å². The number of aliphatic hydroxyl groups is 1. The number of aliphatic hydroxyl groups excluding tert-OH is 1. The molecule has 142 valence electrons. The summed E-state index contributed by atoms with van der Waals surface area (Å²) in [5, 5.41) is 23.0. The summed E-state index contributed by atoms with van der Waals surface area (Å²) in [6, 6.07) is 8.51. The fourth-order valence-electron chi connectivity index (χ4n) is 2.91. The number of esters is 1. The molecule has 0 saturated carbocycles. The maximum Gasteiger partial charge on any atom is 0.364 e. The van der Waals surface area contributed by atoms with E-state index in [2.05, 4.69) is 0 Å². The van der Waals surface area contributed by atoms with Crippen LogP contribution in [0.4, 0.5) is 0 Å². The zero-order valence-electron chi connectivity index (χ0n) is 13.7. The highest BCUT2D eigenvalue weighted by molar-refractivity contribution is 6.31. The molecule has 0 saturated heterocycles. The van der Waals surface area contributed by atoms with Gasteiger partial charge in [0, 0.05) is 21.2 Å². The van der Waals surface area contributed by atoms with Crippen LogP contribution < -0.4 is 4.74 Å².